The Morgan fingerprint density at radius 1 is 0.975 bits per heavy atom. The molecule has 0 fully saturated rings. The van der Waals surface area contributed by atoms with E-state index < -0.39 is 5.41 Å². The van der Waals surface area contributed by atoms with Crippen LogP contribution in [0.15, 0.2) is 60.3 Å². The highest BCUT2D eigenvalue weighted by Crippen LogP contribution is 2.40. The molecule has 0 N–H and O–H groups in total. The molecule has 0 saturated carbocycles. The van der Waals surface area contributed by atoms with Crippen molar-refractivity contribution in [1.82, 2.24) is 4.98 Å². The average Bonchev–Trinajstić information content (AvgIpc) is 3.23. The zero-order valence-electron chi connectivity index (χ0n) is 26.5. The minimum atomic E-state index is -0.505. The van der Waals surface area contributed by atoms with Gasteiger partial charge in [-0.05, 0) is 97.6 Å². The number of nitriles is 1. The van der Waals surface area contributed by atoms with Crippen LogP contribution in [0.2, 0.25) is 0 Å². The second-order valence-corrected chi connectivity index (χ2v) is 12.5. The molecule has 1 aliphatic rings. The third-order valence-electron chi connectivity index (χ3n) is 8.84. The molecule has 0 aliphatic heterocycles. The highest BCUT2D eigenvalue weighted by Gasteiger charge is 2.25. The van der Waals surface area contributed by atoms with E-state index in [2.05, 4.69) is 102 Å². The molecule has 2 nitrogen and oxygen atoms in total. The number of pyridine rings is 1. The molecule has 3 rings (SSSR count). The molecule has 1 aromatic heterocycles. The van der Waals surface area contributed by atoms with Crippen molar-refractivity contribution in [2.24, 2.45) is 11.3 Å². The molecule has 0 saturated heterocycles. The van der Waals surface area contributed by atoms with E-state index in [9.17, 15) is 5.26 Å². The second kappa shape index (κ2) is 14.6. The number of aromatic nitrogens is 1. The van der Waals surface area contributed by atoms with E-state index in [0.29, 0.717) is 17.8 Å². The third-order valence-corrected chi connectivity index (χ3v) is 8.84. The lowest BCUT2D eigenvalue weighted by molar-refractivity contribution is 0.445. The lowest BCUT2D eigenvalue weighted by Gasteiger charge is -2.28. The van der Waals surface area contributed by atoms with Crippen molar-refractivity contribution in [3.8, 4) is 17.2 Å². The highest BCUT2D eigenvalue weighted by atomic mass is 14.7. The lowest BCUT2D eigenvalue weighted by atomic mass is 9.77. The number of hydrogen-bond donors (Lipinski definition) is 0. The zero-order valence-corrected chi connectivity index (χ0v) is 26.5. The Hall–Kier alpha value is -2.92. The maximum Gasteiger partial charge on any atom is 0.0732 e. The maximum absolute atomic E-state index is 9.82. The van der Waals surface area contributed by atoms with Crippen LogP contribution in [0.5, 0.6) is 0 Å². The predicted octanol–water partition coefficient (Wildman–Crippen LogP) is 11.4. The molecule has 2 unspecified atom stereocenters. The summed E-state index contributed by atoms with van der Waals surface area (Å²) in [5, 5.41) is 9.82. The summed E-state index contributed by atoms with van der Waals surface area (Å²) in [4.78, 5) is 4.99. The molecule has 1 heterocycles. The van der Waals surface area contributed by atoms with Gasteiger partial charge in [0.2, 0.25) is 0 Å². The summed E-state index contributed by atoms with van der Waals surface area (Å²) in [7, 11) is 0. The quantitative estimate of drug-likeness (QED) is 0.255. The monoisotopic (exact) mass is 536 g/mol. The van der Waals surface area contributed by atoms with Gasteiger partial charge in [0.15, 0.2) is 0 Å². The van der Waals surface area contributed by atoms with Gasteiger partial charge in [0, 0.05) is 23.0 Å². The largest absolute Gasteiger partial charge is 0.260 e. The normalized spacial score (nSPS) is 15.3. The molecule has 0 spiro atoms. The first kappa shape index (κ1) is 31.6. The Bertz CT molecular complexity index is 1260. The molecule has 2 aromatic rings. The van der Waals surface area contributed by atoms with Crippen molar-refractivity contribution in [2.45, 2.75) is 119 Å². The van der Waals surface area contributed by atoms with E-state index in [1.165, 1.54) is 55.2 Å². The summed E-state index contributed by atoms with van der Waals surface area (Å²) in [5.41, 5.74) is 9.60. The predicted molar refractivity (Wildman–Crippen MR) is 173 cm³/mol. The van der Waals surface area contributed by atoms with Crippen LogP contribution in [-0.4, -0.2) is 4.98 Å². The fourth-order valence-corrected chi connectivity index (χ4v) is 6.17. The topological polar surface area (TPSA) is 36.7 Å². The van der Waals surface area contributed by atoms with Crippen LogP contribution in [0, 0.1) is 22.7 Å². The molecule has 0 bridgehead atoms. The van der Waals surface area contributed by atoms with Gasteiger partial charge in [-0.2, -0.15) is 5.26 Å². The van der Waals surface area contributed by atoms with Crippen LogP contribution in [0.1, 0.15) is 135 Å². The smallest absolute Gasteiger partial charge is 0.0732 e. The summed E-state index contributed by atoms with van der Waals surface area (Å²) < 4.78 is 0. The average molecular weight is 537 g/mol. The van der Waals surface area contributed by atoms with Crippen molar-refractivity contribution in [3.05, 3.63) is 82.7 Å². The van der Waals surface area contributed by atoms with Crippen LogP contribution in [-0.2, 0) is 6.42 Å². The van der Waals surface area contributed by atoms with Gasteiger partial charge in [0.05, 0.1) is 11.5 Å². The Balaban J connectivity index is 2.18. The van der Waals surface area contributed by atoms with Crippen LogP contribution in [0.25, 0.3) is 16.7 Å². The first-order valence-electron chi connectivity index (χ1n) is 15.8. The van der Waals surface area contributed by atoms with Crippen molar-refractivity contribution in [3.63, 3.8) is 0 Å². The summed E-state index contributed by atoms with van der Waals surface area (Å²) in [6, 6.07) is 12.1. The van der Waals surface area contributed by atoms with E-state index >= 15 is 0 Å². The number of aryl methyl sites for hydroxylation is 1. The van der Waals surface area contributed by atoms with Gasteiger partial charge >= 0.3 is 0 Å². The summed E-state index contributed by atoms with van der Waals surface area (Å²) in [6.45, 7) is 18.0. The summed E-state index contributed by atoms with van der Waals surface area (Å²) >= 11 is 0. The van der Waals surface area contributed by atoms with E-state index in [0.717, 1.165) is 29.7 Å². The van der Waals surface area contributed by atoms with Crippen LogP contribution in [0.3, 0.4) is 0 Å². The van der Waals surface area contributed by atoms with Crippen LogP contribution < -0.4 is 0 Å². The van der Waals surface area contributed by atoms with Crippen molar-refractivity contribution >= 4 is 5.57 Å². The van der Waals surface area contributed by atoms with Crippen LogP contribution in [0.4, 0.5) is 0 Å². The first-order chi connectivity index (χ1) is 19.2. The van der Waals surface area contributed by atoms with E-state index in [-0.39, 0.29) is 0 Å². The summed E-state index contributed by atoms with van der Waals surface area (Å²) in [6.07, 6.45) is 19.8. The molecule has 1 aliphatic carbocycles. The Morgan fingerprint density at radius 2 is 1.75 bits per heavy atom. The fraction of sp³-hybridized carbons (Fsp3) is 0.526. The zero-order chi connectivity index (χ0) is 29.3. The van der Waals surface area contributed by atoms with E-state index in [1.54, 1.807) is 11.1 Å². The molecule has 214 valence electrons. The van der Waals surface area contributed by atoms with Gasteiger partial charge in [0.25, 0.3) is 0 Å². The molecule has 1 aromatic carbocycles. The Morgan fingerprint density at radius 3 is 2.38 bits per heavy atom. The highest BCUT2D eigenvalue weighted by molar-refractivity contribution is 5.81. The standard InChI is InChI=1S/C38H52N2/c1-9-13-19-33(27(5)6)36-23-29(20-21-34(36)28(11-3)16-10-2)31-24-35(37(12-4)40-25-31)30-17-14-15-18-32(22-30)38(7,8)26-39/h14-15,17,20-25,27-28,33H,9-13,16,18-19H2,1-8H3. The van der Waals surface area contributed by atoms with E-state index in [1.807, 2.05) is 13.8 Å². The molecule has 40 heavy (non-hydrogen) atoms. The number of unbranched alkanes of at least 4 members (excludes halogenated alkanes) is 1. The molecule has 0 radical (unpaired) electrons. The number of rotatable bonds is 13. The summed E-state index contributed by atoms with van der Waals surface area (Å²) in [5.74, 6) is 1.78. The molecular weight excluding hydrogens is 484 g/mol. The minimum Gasteiger partial charge on any atom is -0.260 e. The number of allylic oxidation sites excluding steroid dienone is 6. The van der Waals surface area contributed by atoms with Crippen molar-refractivity contribution in [1.29, 1.82) is 5.26 Å². The Kier molecular flexibility index (Phi) is 11.6. The van der Waals surface area contributed by atoms with Gasteiger partial charge in [-0.25, -0.2) is 0 Å². The molecule has 0 amide bonds. The van der Waals surface area contributed by atoms with Crippen molar-refractivity contribution in [2.75, 3.05) is 0 Å². The minimum absolute atomic E-state index is 0.505. The first-order valence-corrected chi connectivity index (χ1v) is 15.8. The van der Waals surface area contributed by atoms with Gasteiger partial charge in [-0.15, -0.1) is 0 Å². The third kappa shape index (κ3) is 7.42. The van der Waals surface area contributed by atoms with Gasteiger partial charge in [-0.1, -0.05) is 103 Å². The maximum atomic E-state index is 9.82. The number of nitrogens with zero attached hydrogens (tertiary/aromatic N) is 2. The molecule has 2 atom stereocenters. The lowest BCUT2D eigenvalue weighted by Crippen LogP contribution is -2.12. The number of benzene rings is 1. The number of hydrogen-bond acceptors (Lipinski definition) is 2. The van der Waals surface area contributed by atoms with Crippen molar-refractivity contribution < 1.29 is 0 Å². The van der Waals surface area contributed by atoms with Gasteiger partial charge < -0.3 is 0 Å². The SMILES string of the molecule is CCCCC(c1cc(-c2cnc(CC)c(C3=CC=CCC(C(C)(C)C#N)=C3)c2)ccc1C(CC)CCC)C(C)C. The van der Waals surface area contributed by atoms with Crippen LogP contribution >= 0.6 is 0 Å². The van der Waals surface area contributed by atoms with E-state index in [4.69, 9.17) is 4.98 Å². The van der Waals surface area contributed by atoms with Gasteiger partial charge in [0.1, 0.15) is 0 Å². The fourth-order valence-electron chi connectivity index (χ4n) is 6.17. The second-order valence-electron chi connectivity index (χ2n) is 12.5. The molecule has 2 heteroatoms. The molecular formula is C38H52N2. The van der Waals surface area contributed by atoms with Gasteiger partial charge in [-0.3, -0.25) is 4.98 Å². The Labute approximate surface area is 245 Å².